The Bertz CT molecular complexity index is 503. The Morgan fingerprint density at radius 1 is 0.625 bits per heavy atom. The van der Waals surface area contributed by atoms with Crippen LogP contribution in [-0.2, 0) is 33.4 Å². The second-order valence-electron chi connectivity index (χ2n) is 4.02. The van der Waals surface area contributed by atoms with Gasteiger partial charge in [-0.1, -0.05) is 0 Å². The molecule has 0 saturated carbocycles. The van der Waals surface area contributed by atoms with Crippen LogP contribution in [0.3, 0.4) is 0 Å². The topological polar surface area (TPSA) is 96.0 Å². The predicted octanol–water partition coefficient (Wildman–Crippen LogP) is 1.00. The minimum absolute atomic E-state index is 2.51. The van der Waals surface area contributed by atoms with E-state index in [1.54, 1.807) is 0 Å². The summed E-state index contributed by atoms with van der Waals surface area (Å²) in [7, 11) is 0. The Morgan fingerprint density at radius 2 is 1.00 bits per heavy atom. The molecule has 24 heavy (non-hydrogen) atoms. The third kappa shape index (κ3) is 3.88. The molecule has 0 N–H and O–H groups in total. The van der Waals surface area contributed by atoms with Crippen LogP contribution in [0.5, 0.6) is 0 Å². The van der Waals surface area contributed by atoms with E-state index in [2.05, 4.69) is 14.2 Å². The zero-order chi connectivity index (χ0) is 19.1. The molecule has 0 aromatic rings. The second kappa shape index (κ2) is 5.55. The number of hydrogen-bond acceptors (Lipinski definition) is 7. The molecule has 15 heteroatoms. The van der Waals surface area contributed by atoms with Gasteiger partial charge < -0.3 is 14.2 Å². The second-order valence-corrected chi connectivity index (χ2v) is 4.02. The minimum atomic E-state index is -5.77. The summed E-state index contributed by atoms with van der Waals surface area (Å²) in [6.07, 6.45) is -14.0. The van der Waals surface area contributed by atoms with Crippen LogP contribution in [0.1, 0.15) is 6.42 Å². The predicted molar refractivity (Wildman–Crippen MR) is 47.7 cm³/mol. The van der Waals surface area contributed by atoms with Crippen molar-refractivity contribution >= 4 is 23.7 Å². The SMILES string of the molecule is O=C1CC(F)(F)OC(=O)C(F)(F)C(=O)OC(F)(F)OC(=O)C1(F)F. The summed E-state index contributed by atoms with van der Waals surface area (Å²) < 4.78 is 112. The molecule has 0 atom stereocenters. The highest BCUT2D eigenvalue weighted by Crippen LogP contribution is 2.34. The molecule has 1 aliphatic rings. The molecule has 1 heterocycles. The molecule has 0 unspecified atom stereocenters. The first-order valence-corrected chi connectivity index (χ1v) is 5.26. The van der Waals surface area contributed by atoms with Crippen molar-refractivity contribution < 1.29 is 68.5 Å². The quantitative estimate of drug-likeness (QED) is 0.355. The lowest BCUT2D eigenvalue weighted by Gasteiger charge is -2.24. The van der Waals surface area contributed by atoms with Crippen LogP contribution in [0.25, 0.3) is 0 Å². The van der Waals surface area contributed by atoms with E-state index in [1.807, 2.05) is 0 Å². The molecule has 0 bridgehead atoms. The van der Waals surface area contributed by atoms with Crippen molar-refractivity contribution in [3.63, 3.8) is 0 Å². The summed E-state index contributed by atoms with van der Waals surface area (Å²) in [5, 5.41) is 0. The lowest BCUT2D eigenvalue weighted by molar-refractivity contribution is -0.365. The molecule has 0 amide bonds. The summed E-state index contributed by atoms with van der Waals surface area (Å²) in [6, 6.07) is 0. The van der Waals surface area contributed by atoms with Crippen molar-refractivity contribution in [3.8, 4) is 0 Å². The van der Waals surface area contributed by atoms with Crippen molar-refractivity contribution in [2.24, 2.45) is 0 Å². The number of carbonyl (C=O) groups is 4. The molecular weight excluding hydrogens is 372 g/mol. The molecule has 1 saturated heterocycles. The Balaban J connectivity index is 3.35. The van der Waals surface area contributed by atoms with E-state index in [0.717, 1.165) is 0 Å². The number of ether oxygens (including phenoxy) is 3. The maximum Gasteiger partial charge on any atom is 0.590 e. The standard InChI is InChI=1S/C9H2F8O7/c10-6(11)1-2(18)7(12,13)3(19)23-9(16,17)24-5(21)8(14,15)4(20)22-6/h1H2. The zero-order valence-corrected chi connectivity index (χ0v) is 10.6. The van der Waals surface area contributed by atoms with E-state index in [4.69, 9.17) is 0 Å². The van der Waals surface area contributed by atoms with Crippen LogP contribution in [0.2, 0.25) is 0 Å². The zero-order valence-electron chi connectivity index (χ0n) is 10.6. The Labute approximate surface area is 124 Å². The summed E-state index contributed by atoms with van der Waals surface area (Å²) >= 11 is 0. The fraction of sp³-hybridized carbons (Fsp3) is 0.556. The van der Waals surface area contributed by atoms with Crippen molar-refractivity contribution in [1.29, 1.82) is 0 Å². The highest BCUT2D eigenvalue weighted by atomic mass is 19.3. The van der Waals surface area contributed by atoms with Crippen molar-refractivity contribution in [3.05, 3.63) is 0 Å². The molecule has 1 aliphatic heterocycles. The van der Waals surface area contributed by atoms with Gasteiger partial charge in [0, 0.05) is 0 Å². The first kappa shape index (κ1) is 19.6. The van der Waals surface area contributed by atoms with E-state index < -0.39 is 54.4 Å². The van der Waals surface area contributed by atoms with Gasteiger partial charge in [0.05, 0.1) is 0 Å². The van der Waals surface area contributed by atoms with Crippen LogP contribution in [0.15, 0.2) is 0 Å². The van der Waals surface area contributed by atoms with E-state index in [9.17, 15) is 54.3 Å². The Hall–Kier alpha value is -2.48. The minimum Gasteiger partial charge on any atom is -0.395 e. The van der Waals surface area contributed by atoms with Gasteiger partial charge >= 0.3 is 42.2 Å². The normalized spacial score (nSPS) is 26.3. The van der Waals surface area contributed by atoms with Crippen LogP contribution in [-0.4, -0.2) is 47.9 Å². The van der Waals surface area contributed by atoms with Gasteiger partial charge in [0.15, 0.2) is 0 Å². The van der Waals surface area contributed by atoms with Crippen molar-refractivity contribution in [1.82, 2.24) is 0 Å². The molecular formula is C9H2F8O7. The largest absolute Gasteiger partial charge is 0.590 e. The molecule has 0 radical (unpaired) electrons. The number of carbonyl (C=O) groups excluding carboxylic acids is 4. The van der Waals surface area contributed by atoms with E-state index >= 15 is 0 Å². The third-order valence-corrected chi connectivity index (χ3v) is 2.15. The van der Waals surface area contributed by atoms with E-state index in [0.29, 0.717) is 0 Å². The molecule has 0 aliphatic carbocycles. The first-order chi connectivity index (χ1) is 10.5. The van der Waals surface area contributed by atoms with Gasteiger partial charge in [0.25, 0.3) is 0 Å². The number of rotatable bonds is 0. The number of cyclic esters (lactones) is 3. The number of Topliss-reactive ketones (excluding diaryl/α,β-unsaturated/α-hetero) is 1. The van der Waals surface area contributed by atoms with E-state index in [-0.39, 0.29) is 0 Å². The molecule has 136 valence electrons. The molecule has 1 fully saturated rings. The van der Waals surface area contributed by atoms with Crippen LogP contribution in [0.4, 0.5) is 35.1 Å². The average molecular weight is 374 g/mol. The van der Waals surface area contributed by atoms with Crippen LogP contribution < -0.4 is 0 Å². The number of halogens is 8. The summed E-state index contributed by atoms with van der Waals surface area (Å²) in [4.78, 5) is 43.0. The molecule has 7 nitrogen and oxygen atoms in total. The molecule has 0 aromatic heterocycles. The lowest BCUT2D eigenvalue weighted by Crippen LogP contribution is -2.51. The smallest absolute Gasteiger partial charge is 0.395 e. The monoisotopic (exact) mass is 374 g/mol. The highest BCUT2D eigenvalue weighted by Gasteiger charge is 2.62. The van der Waals surface area contributed by atoms with Gasteiger partial charge in [-0.15, -0.1) is 8.78 Å². The number of esters is 3. The van der Waals surface area contributed by atoms with Crippen LogP contribution >= 0.6 is 0 Å². The molecule has 0 spiro atoms. The number of ketones is 1. The molecule has 1 rings (SSSR count). The van der Waals surface area contributed by atoms with Gasteiger partial charge in [0.1, 0.15) is 6.42 Å². The summed E-state index contributed by atoms with van der Waals surface area (Å²) in [5.74, 6) is -25.0. The maximum absolute atomic E-state index is 13.1. The Morgan fingerprint density at radius 3 is 1.46 bits per heavy atom. The molecule has 0 aromatic carbocycles. The third-order valence-electron chi connectivity index (χ3n) is 2.15. The summed E-state index contributed by atoms with van der Waals surface area (Å²) in [5.41, 5.74) is 0. The van der Waals surface area contributed by atoms with E-state index in [1.165, 1.54) is 0 Å². The summed E-state index contributed by atoms with van der Waals surface area (Å²) in [6.45, 7) is 0. The highest BCUT2D eigenvalue weighted by molar-refractivity contribution is 6.06. The van der Waals surface area contributed by atoms with Gasteiger partial charge in [-0.3, -0.25) is 4.79 Å². The Kier molecular flexibility index (Phi) is 4.53. The number of hydrogen-bond donors (Lipinski definition) is 0. The van der Waals surface area contributed by atoms with Gasteiger partial charge in [0.2, 0.25) is 5.78 Å². The van der Waals surface area contributed by atoms with Crippen LogP contribution in [0, 0.1) is 0 Å². The maximum atomic E-state index is 13.1. The van der Waals surface area contributed by atoms with Crippen molar-refractivity contribution in [2.75, 3.05) is 0 Å². The lowest BCUT2D eigenvalue weighted by atomic mass is 10.1. The average Bonchev–Trinajstić information content (AvgIpc) is 2.34. The fourth-order valence-corrected chi connectivity index (χ4v) is 1.10. The van der Waals surface area contributed by atoms with Gasteiger partial charge in [-0.2, -0.15) is 26.3 Å². The van der Waals surface area contributed by atoms with Gasteiger partial charge in [-0.05, 0) is 0 Å². The fourth-order valence-electron chi connectivity index (χ4n) is 1.10. The number of alkyl halides is 8. The van der Waals surface area contributed by atoms with Gasteiger partial charge in [-0.25, -0.2) is 14.4 Å². The van der Waals surface area contributed by atoms with Crippen molar-refractivity contribution in [2.45, 2.75) is 30.7 Å². The first-order valence-electron chi connectivity index (χ1n) is 5.26.